The molecule has 0 amide bonds. The number of hydrogen-bond donors (Lipinski definition) is 1. The van der Waals surface area contributed by atoms with Crippen LogP contribution in [0.25, 0.3) is 0 Å². The van der Waals surface area contributed by atoms with Crippen LogP contribution < -0.4 is 5.32 Å². The maximum atomic E-state index is 7.48. The Morgan fingerprint density at radius 3 is 1.26 bits per heavy atom. The summed E-state index contributed by atoms with van der Waals surface area (Å²) >= 11 is 0. The number of nitriles is 2. The molecule has 0 aliphatic rings. The number of unbranched alkanes of at least 4 members (excludes halogenated alkanes) is 3. The lowest BCUT2D eigenvalue weighted by Crippen LogP contribution is -2.46. The third-order valence-electron chi connectivity index (χ3n) is 3.27. The van der Waals surface area contributed by atoms with Crippen molar-refractivity contribution in [3.63, 3.8) is 0 Å². The molecule has 0 spiro atoms. The third-order valence-corrected chi connectivity index (χ3v) is 3.27. The summed E-state index contributed by atoms with van der Waals surface area (Å²) in [4.78, 5) is 0. The summed E-state index contributed by atoms with van der Waals surface area (Å²) < 4.78 is 1.32. The minimum atomic E-state index is 1.32. The molecule has 0 aliphatic carbocycles. The number of quaternary nitrogens is 1. The van der Waals surface area contributed by atoms with E-state index in [-0.39, 0.29) is 0 Å². The van der Waals surface area contributed by atoms with Crippen LogP contribution in [0.3, 0.4) is 0 Å². The Morgan fingerprint density at radius 2 is 1.11 bits per heavy atom. The fourth-order valence-corrected chi connectivity index (χ4v) is 1.98. The van der Waals surface area contributed by atoms with E-state index >= 15 is 0 Å². The second-order valence-electron chi connectivity index (χ2n) is 5.20. The highest BCUT2D eigenvalue weighted by atomic mass is 15.3. The van der Waals surface area contributed by atoms with Crippen molar-refractivity contribution < 1.29 is 4.48 Å². The Balaban J connectivity index is 0. The largest absolute Gasteiger partial charge is 0.326 e. The van der Waals surface area contributed by atoms with Crippen molar-refractivity contribution in [2.75, 3.05) is 26.7 Å². The molecule has 1 N–H and O–H groups in total. The van der Waals surface area contributed by atoms with Crippen LogP contribution in [0.1, 0.15) is 59.3 Å². The second kappa shape index (κ2) is 14.8. The van der Waals surface area contributed by atoms with E-state index in [1.807, 2.05) is 0 Å². The Labute approximate surface area is 119 Å². The Hall–Kier alpha value is -1.26. The molecular formula is C15H31N4+. The summed E-state index contributed by atoms with van der Waals surface area (Å²) in [6, 6.07) is 0. The Bertz CT molecular complexity index is 229. The first-order valence-electron chi connectivity index (χ1n) is 7.46. The summed E-state index contributed by atoms with van der Waals surface area (Å²) in [6.45, 7) is 11.0. The van der Waals surface area contributed by atoms with Gasteiger partial charge in [0.15, 0.2) is 12.4 Å². The molecule has 0 saturated carbocycles. The molecule has 0 aliphatic heterocycles. The molecule has 0 rings (SSSR count). The maximum Gasteiger partial charge on any atom is 0.190 e. The summed E-state index contributed by atoms with van der Waals surface area (Å²) in [5.41, 5.74) is 0. The minimum Gasteiger partial charge on any atom is -0.326 e. The van der Waals surface area contributed by atoms with Crippen molar-refractivity contribution in [3.8, 4) is 12.4 Å². The highest BCUT2D eigenvalue weighted by molar-refractivity contribution is 4.77. The molecule has 0 fully saturated rings. The molecule has 0 radical (unpaired) electrons. The van der Waals surface area contributed by atoms with E-state index in [0.717, 1.165) is 0 Å². The molecule has 110 valence electrons. The zero-order valence-corrected chi connectivity index (χ0v) is 13.2. The van der Waals surface area contributed by atoms with Crippen LogP contribution in [-0.4, -0.2) is 31.2 Å². The highest BCUT2D eigenvalue weighted by Crippen LogP contribution is 2.10. The maximum absolute atomic E-state index is 7.48. The zero-order chi connectivity index (χ0) is 15.0. The van der Waals surface area contributed by atoms with Crippen LogP contribution >= 0.6 is 0 Å². The molecule has 0 aromatic heterocycles. The third kappa shape index (κ3) is 14.7. The van der Waals surface area contributed by atoms with Gasteiger partial charge in [-0.1, -0.05) is 40.0 Å². The normalized spacial score (nSPS) is 9.79. The van der Waals surface area contributed by atoms with Crippen LogP contribution in [0.15, 0.2) is 0 Å². The number of rotatable bonds is 9. The van der Waals surface area contributed by atoms with Crippen LogP contribution in [-0.2, 0) is 0 Å². The monoisotopic (exact) mass is 267 g/mol. The predicted molar refractivity (Wildman–Crippen MR) is 79.9 cm³/mol. The van der Waals surface area contributed by atoms with Crippen LogP contribution in [0, 0.1) is 22.9 Å². The summed E-state index contributed by atoms with van der Waals surface area (Å²) in [6.07, 6.45) is 11.0. The van der Waals surface area contributed by atoms with Gasteiger partial charge in [0.05, 0.1) is 26.7 Å². The van der Waals surface area contributed by atoms with Gasteiger partial charge in [0.1, 0.15) is 0 Å². The van der Waals surface area contributed by atoms with E-state index in [4.69, 9.17) is 10.5 Å². The van der Waals surface area contributed by atoms with E-state index < -0.39 is 0 Å². The predicted octanol–water partition coefficient (Wildman–Crippen LogP) is 3.37. The topological polar surface area (TPSA) is 59.6 Å². The van der Waals surface area contributed by atoms with Crippen LogP contribution in [0.5, 0.6) is 0 Å². The van der Waals surface area contributed by atoms with E-state index in [9.17, 15) is 0 Å². The molecule has 4 nitrogen and oxygen atoms in total. The van der Waals surface area contributed by atoms with Crippen molar-refractivity contribution in [3.05, 3.63) is 0 Å². The standard InChI is InChI=1S/C13H30N.C2HN3/c1-5-8-11-14(4,12-9-6-2)13-10-7-3;3-1-5-2-4/h5-13H2,1-4H3;5H/q+1;. The first kappa shape index (κ1) is 20.1. The lowest BCUT2D eigenvalue weighted by molar-refractivity contribution is -0.910. The summed E-state index contributed by atoms with van der Waals surface area (Å²) in [5, 5.41) is 16.7. The van der Waals surface area contributed by atoms with Crippen molar-refractivity contribution in [2.45, 2.75) is 59.3 Å². The average molecular weight is 267 g/mol. The summed E-state index contributed by atoms with van der Waals surface area (Å²) in [7, 11) is 2.45. The summed E-state index contributed by atoms with van der Waals surface area (Å²) in [5.74, 6) is 0. The number of nitrogens with one attached hydrogen (secondary N) is 1. The molecule has 19 heavy (non-hydrogen) atoms. The molecule has 0 atom stereocenters. The van der Waals surface area contributed by atoms with E-state index in [1.165, 1.54) is 75.0 Å². The number of nitrogens with zero attached hydrogens (tertiary/aromatic N) is 3. The first-order valence-corrected chi connectivity index (χ1v) is 7.46. The Morgan fingerprint density at radius 1 is 0.789 bits per heavy atom. The highest BCUT2D eigenvalue weighted by Gasteiger charge is 2.18. The average Bonchev–Trinajstić information content (AvgIpc) is 2.42. The van der Waals surface area contributed by atoms with E-state index in [1.54, 1.807) is 5.32 Å². The first-order chi connectivity index (χ1) is 9.10. The van der Waals surface area contributed by atoms with Crippen molar-refractivity contribution in [1.29, 1.82) is 10.5 Å². The van der Waals surface area contributed by atoms with E-state index in [2.05, 4.69) is 27.8 Å². The zero-order valence-electron chi connectivity index (χ0n) is 13.2. The second-order valence-corrected chi connectivity index (χ2v) is 5.20. The fourth-order valence-electron chi connectivity index (χ4n) is 1.98. The van der Waals surface area contributed by atoms with Crippen LogP contribution in [0.4, 0.5) is 0 Å². The van der Waals surface area contributed by atoms with Gasteiger partial charge in [-0.15, -0.1) is 0 Å². The lowest BCUT2D eigenvalue weighted by atomic mass is 10.2. The van der Waals surface area contributed by atoms with Crippen LogP contribution in [0.2, 0.25) is 0 Å². The molecule has 0 aromatic rings. The van der Waals surface area contributed by atoms with Crippen molar-refractivity contribution >= 4 is 0 Å². The van der Waals surface area contributed by atoms with Gasteiger partial charge in [-0.3, -0.25) is 0 Å². The van der Waals surface area contributed by atoms with Crippen molar-refractivity contribution in [1.82, 2.24) is 5.32 Å². The molecule has 0 aromatic carbocycles. The van der Waals surface area contributed by atoms with Gasteiger partial charge < -0.3 is 4.48 Å². The Kier molecular flexibility index (Phi) is 15.6. The molecule has 0 heterocycles. The molecule has 0 bridgehead atoms. The molecular weight excluding hydrogens is 236 g/mol. The molecule has 0 unspecified atom stereocenters. The molecule has 4 heteroatoms. The fraction of sp³-hybridized carbons (Fsp3) is 0.867. The minimum absolute atomic E-state index is 1.32. The smallest absolute Gasteiger partial charge is 0.190 e. The number of hydrogen-bond acceptors (Lipinski definition) is 3. The van der Waals surface area contributed by atoms with Gasteiger partial charge >= 0.3 is 0 Å². The van der Waals surface area contributed by atoms with E-state index in [0.29, 0.717) is 0 Å². The molecule has 0 saturated heterocycles. The van der Waals surface area contributed by atoms with Gasteiger partial charge in [0, 0.05) is 0 Å². The van der Waals surface area contributed by atoms with Gasteiger partial charge in [-0.2, -0.15) is 10.5 Å². The quantitative estimate of drug-likeness (QED) is 0.396. The van der Waals surface area contributed by atoms with Gasteiger partial charge in [0.25, 0.3) is 0 Å². The SMILES string of the molecule is CCCC[N+](C)(CCCC)CCCC.N#CNC#N. The van der Waals surface area contributed by atoms with Gasteiger partial charge in [-0.05, 0) is 19.3 Å². The van der Waals surface area contributed by atoms with Gasteiger partial charge in [-0.25, -0.2) is 5.32 Å². The van der Waals surface area contributed by atoms with Crippen molar-refractivity contribution in [2.24, 2.45) is 0 Å². The lowest BCUT2D eigenvalue weighted by Gasteiger charge is -2.34. The van der Waals surface area contributed by atoms with Gasteiger partial charge in [0.2, 0.25) is 0 Å².